The SMILES string of the molecule is Cc1cccc2cc3c(nc12)OCCN(Cc1ccccc1Cl)C3. The standard InChI is InChI=1S/C20H19ClN2O/c1-14-5-4-7-15-11-17-13-23(9-10-24-20(17)22-19(14)15)12-16-6-2-3-8-18(16)21/h2-8,11H,9-10,12-13H2,1H3. The quantitative estimate of drug-likeness (QED) is 0.683. The van der Waals surface area contributed by atoms with Crippen LogP contribution in [0.2, 0.25) is 5.02 Å². The van der Waals surface area contributed by atoms with Crippen LogP contribution < -0.4 is 4.74 Å². The minimum Gasteiger partial charge on any atom is -0.476 e. The number of nitrogens with zero attached hydrogens (tertiary/aromatic N) is 2. The fourth-order valence-corrected chi connectivity index (χ4v) is 3.40. The third kappa shape index (κ3) is 2.97. The van der Waals surface area contributed by atoms with Crippen molar-refractivity contribution < 1.29 is 4.74 Å². The molecule has 3 aromatic rings. The lowest BCUT2D eigenvalue weighted by molar-refractivity contribution is 0.217. The van der Waals surface area contributed by atoms with E-state index in [0.717, 1.165) is 52.6 Å². The van der Waals surface area contributed by atoms with E-state index in [1.165, 1.54) is 5.56 Å². The van der Waals surface area contributed by atoms with Crippen LogP contribution in [0, 0.1) is 6.92 Å². The third-order valence-electron chi connectivity index (χ3n) is 4.48. The third-order valence-corrected chi connectivity index (χ3v) is 4.85. The van der Waals surface area contributed by atoms with Crippen LogP contribution in [-0.2, 0) is 13.1 Å². The Labute approximate surface area is 146 Å². The molecule has 0 spiro atoms. The van der Waals surface area contributed by atoms with Crippen molar-refractivity contribution in [3.05, 3.63) is 70.2 Å². The van der Waals surface area contributed by atoms with Gasteiger partial charge in [0.1, 0.15) is 6.61 Å². The van der Waals surface area contributed by atoms with Crippen LogP contribution in [-0.4, -0.2) is 23.0 Å². The van der Waals surface area contributed by atoms with E-state index in [2.05, 4.69) is 42.2 Å². The number of fused-ring (bicyclic) bond motifs is 2. The molecule has 0 unspecified atom stereocenters. The monoisotopic (exact) mass is 338 g/mol. The predicted molar refractivity (Wildman–Crippen MR) is 97.5 cm³/mol. The lowest BCUT2D eigenvalue weighted by atomic mass is 10.1. The molecule has 122 valence electrons. The van der Waals surface area contributed by atoms with Gasteiger partial charge in [-0.25, -0.2) is 4.98 Å². The van der Waals surface area contributed by atoms with Gasteiger partial charge in [0.05, 0.1) is 5.52 Å². The zero-order valence-electron chi connectivity index (χ0n) is 13.6. The Hall–Kier alpha value is -2.10. The smallest absolute Gasteiger partial charge is 0.218 e. The van der Waals surface area contributed by atoms with Crippen LogP contribution in [0.3, 0.4) is 0 Å². The molecule has 3 nitrogen and oxygen atoms in total. The summed E-state index contributed by atoms with van der Waals surface area (Å²) >= 11 is 6.31. The van der Waals surface area contributed by atoms with Crippen molar-refractivity contribution in [2.45, 2.75) is 20.0 Å². The average molecular weight is 339 g/mol. The lowest BCUT2D eigenvalue weighted by Crippen LogP contribution is -2.25. The zero-order chi connectivity index (χ0) is 16.5. The van der Waals surface area contributed by atoms with Gasteiger partial charge >= 0.3 is 0 Å². The first kappa shape index (κ1) is 15.4. The number of ether oxygens (including phenoxy) is 1. The fraction of sp³-hybridized carbons (Fsp3) is 0.250. The number of hydrogen-bond donors (Lipinski definition) is 0. The van der Waals surface area contributed by atoms with E-state index in [9.17, 15) is 0 Å². The number of benzene rings is 2. The van der Waals surface area contributed by atoms with Crippen molar-refractivity contribution in [3.8, 4) is 5.88 Å². The van der Waals surface area contributed by atoms with Gasteiger partial charge in [-0.1, -0.05) is 48.0 Å². The van der Waals surface area contributed by atoms with E-state index in [1.54, 1.807) is 0 Å². The molecule has 1 aliphatic rings. The minimum atomic E-state index is 0.641. The van der Waals surface area contributed by atoms with Crippen molar-refractivity contribution in [3.63, 3.8) is 0 Å². The van der Waals surface area contributed by atoms with Gasteiger partial charge < -0.3 is 4.74 Å². The second-order valence-corrected chi connectivity index (χ2v) is 6.66. The summed E-state index contributed by atoms with van der Waals surface area (Å²) in [6.45, 7) is 5.21. The predicted octanol–water partition coefficient (Wildman–Crippen LogP) is 4.59. The van der Waals surface area contributed by atoms with Crippen molar-refractivity contribution in [2.24, 2.45) is 0 Å². The molecule has 4 rings (SSSR count). The Balaban J connectivity index is 1.66. The molecule has 2 aromatic carbocycles. The van der Waals surface area contributed by atoms with Crippen molar-refractivity contribution >= 4 is 22.5 Å². The molecular formula is C20H19ClN2O. The molecule has 1 aromatic heterocycles. The largest absolute Gasteiger partial charge is 0.476 e. The molecule has 24 heavy (non-hydrogen) atoms. The van der Waals surface area contributed by atoms with Crippen molar-refractivity contribution in [2.75, 3.05) is 13.2 Å². The van der Waals surface area contributed by atoms with E-state index in [-0.39, 0.29) is 0 Å². The summed E-state index contributed by atoms with van der Waals surface area (Å²) in [5.74, 6) is 0.762. The van der Waals surface area contributed by atoms with Crippen molar-refractivity contribution in [1.82, 2.24) is 9.88 Å². The molecular weight excluding hydrogens is 320 g/mol. The van der Waals surface area contributed by atoms with Gasteiger partial charge in [0.25, 0.3) is 0 Å². The first-order valence-corrected chi connectivity index (χ1v) is 8.56. The molecule has 0 bridgehead atoms. The molecule has 0 saturated carbocycles. The molecule has 0 atom stereocenters. The first-order valence-electron chi connectivity index (χ1n) is 8.18. The number of halogens is 1. The summed E-state index contributed by atoms with van der Waals surface area (Å²) in [4.78, 5) is 7.12. The van der Waals surface area contributed by atoms with Crippen LogP contribution in [0.15, 0.2) is 48.5 Å². The highest BCUT2D eigenvalue weighted by Crippen LogP contribution is 2.28. The molecule has 0 saturated heterocycles. The molecule has 0 aliphatic carbocycles. The number of pyridine rings is 1. The lowest BCUT2D eigenvalue weighted by Gasteiger charge is -2.20. The molecule has 0 amide bonds. The van der Waals surface area contributed by atoms with Crippen LogP contribution in [0.25, 0.3) is 10.9 Å². The Kier molecular flexibility index (Phi) is 4.13. The maximum Gasteiger partial charge on any atom is 0.218 e. The number of hydrogen-bond acceptors (Lipinski definition) is 3. The number of aryl methyl sites for hydroxylation is 1. The number of aromatic nitrogens is 1. The Morgan fingerprint density at radius 2 is 2.04 bits per heavy atom. The van der Waals surface area contributed by atoms with Crippen LogP contribution in [0.5, 0.6) is 5.88 Å². The normalized spacial score (nSPS) is 14.9. The van der Waals surface area contributed by atoms with E-state index in [0.29, 0.717) is 6.61 Å². The topological polar surface area (TPSA) is 25.4 Å². The fourth-order valence-electron chi connectivity index (χ4n) is 3.21. The summed E-state index contributed by atoms with van der Waals surface area (Å²) < 4.78 is 5.92. The van der Waals surface area contributed by atoms with Crippen LogP contribution in [0.4, 0.5) is 0 Å². The Morgan fingerprint density at radius 1 is 1.17 bits per heavy atom. The van der Waals surface area contributed by atoms with E-state index >= 15 is 0 Å². The summed E-state index contributed by atoms with van der Waals surface area (Å²) in [6, 6.07) is 16.5. The van der Waals surface area contributed by atoms with Crippen molar-refractivity contribution in [1.29, 1.82) is 0 Å². The Bertz CT molecular complexity index is 894. The van der Waals surface area contributed by atoms with Gasteiger partial charge in [-0.05, 0) is 30.2 Å². The van der Waals surface area contributed by atoms with Gasteiger partial charge in [0.15, 0.2) is 0 Å². The molecule has 4 heteroatoms. The zero-order valence-corrected chi connectivity index (χ0v) is 14.4. The molecule has 1 aliphatic heterocycles. The average Bonchev–Trinajstić information content (AvgIpc) is 2.77. The summed E-state index contributed by atoms with van der Waals surface area (Å²) in [6.07, 6.45) is 0. The number of para-hydroxylation sites is 1. The highest BCUT2D eigenvalue weighted by atomic mass is 35.5. The van der Waals surface area contributed by atoms with E-state index in [1.807, 2.05) is 18.2 Å². The van der Waals surface area contributed by atoms with Gasteiger partial charge in [0.2, 0.25) is 5.88 Å². The van der Waals surface area contributed by atoms with E-state index in [4.69, 9.17) is 21.3 Å². The van der Waals surface area contributed by atoms with Crippen LogP contribution >= 0.6 is 11.6 Å². The summed E-state index contributed by atoms with van der Waals surface area (Å²) in [5.41, 5.74) is 4.48. The van der Waals surface area contributed by atoms with Gasteiger partial charge in [-0.15, -0.1) is 0 Å². The molecule has 0 N–H and O–H groups in total. The maximum atomic E-state index is 6.31. The summed E-state index contributed by atoms with van der Waals surface area (Å²) in [5, 5.41) is 1.98. The maximum absolute atomic E-state index is 6.31. The van der Waals surface area contributed by atoms with Gasteiger partial charge in [-0.2, -0.15) is 0 Å². The second-order valence-electron chi connectivity index (χ2n) is 6.25. The number of rotatable bonds is 2. The molecule has 0 fully saturated rings. The summed E-state index contributed by atoms with van der Waals surface area (Å²) in [7, 11) is 0. The molecule has 2 heterocycles. The van der Waals surface area contributed by atoms with E-state index < -0.39 is 0 Å². The van der Waals surface area contributed by atoms with Gasteiger partial charge in [0, 0.05) is 35.6 Å². The van der Waals surface area contributed by atoms with Crippen LogP contribution in [0.1, 0.15) is 16.7 Å². The Morgan fingerprint density at radius 3 is 2.92 bits per heavy atom. The second kappa shape index (κ2) is 6.42. The highest BCUT2D eigenvalue weighted by Gasteiger charge is 2.18. The molecule has 0 radical (unpaired) electrons. The van der Waals surface area contributed by atoms with Gasteiger partial charge in [-0.3, -0.25) is 4.90 Å². The highest BCUT2D eigenvalue weighted by molar-refractivity contribution is 6.31. The first-order chi connectivity index (χ1) is 11.7. The minimum absolute atomic E-state index is 0.641.